The Morgan fingerprint density at radius 1 is 0.818 bits per heavy atom. The Labute approximate surface area is 136 Å². The molecule has 1 nitrogen and oxygen atoms in total. The van der Waals surface area contributed by atoms with E-state index in [1.807, 2.05) is 0 Å². The summed E-state index contributed by atoms with van der Waals surface area (Å²) < 4.78 is 0. The van der Waals surface area contributed by atoms with Crippen LogP contribution in [0.25, 0.3) is 0 Å². The zero-order valence-corrected chi connectivity index (χ0v) is 15.7. The van der Waals surface area contributed by atoms with Crippen LogP contribution in [0.4, 0.5) is 0 Å². The van der Waals surface area contributed by atoms with Crippen LogP contribution in [0.1, 0.15) is 26.7 Å². The monoisotopic (exact) mass is 331 g/mol. The van der Waals surface area contributed by atoms with E-state index in [4.69, 9.17) is 0 Å². The molecular formula is C19H27NP2. The fraction of sp³-hybridized carbons (Fsp3) is 0.368. The SMILES string of the molecule is C[C@@H]1CC[C@@H](C)P1N[PH](C)(c1ccccc1)c1ccccc1. The number of nitrogens with one attached hydrogen (secondary N) is 1. The molecule has 2 aromatic rings. The second kappa shape index (κ2) is 6.79. The van der Waals surface area contributed by atoms with Gasteiger partial charge in [-0.25, -0.2) is 0 Å². The average Bonchev–Trinajstić information content (AvgIpc) is 2.88. The third kappa shape index (κ3) is 3.13. The first-order valence-corrected chi connectivity index (χ1v) is 12.3. The molecular weight excluding hydrogens is 304 g/mol. The predicted octanol–water partition coefficient (Wildman–Crippen LogP) is 4.49. The molecule has 1 aliphatic rings. The molecule has 0 saturated carbocycles. The van der Waals surface area contributed by atoms with Crippen molar-refractivity contribution in [3.8, 4) is 0 Å². The van der Waals surface area contributed by atoms with Crippen LogP contribution in [0, 0.1) is 0 Å². The van der Waals surface area contributed by atoms with Crippen LogP contribution in [0.5, 0.6) is 0 Å². The van der Waals surface area contributed by atoms with Gasteiger partial charge in [0.05, 0.1) is 0 Å². The van der Waals surface area contributed by atoms with Crippen molar-refractivity contribution in [1.82, 2.24) is 4.86 Å². The summed E-state index contributed by atoms with van der Waals surface area (Å²) in [6, 6.07) is 22.2. The van der Waals surface area contributed by atoms with Crippen LogP contribution in [-0.2, 0) is 0 Å². The van der Waals surface area contributed by atoms with Crippen LogP contribution in [0.2, 0.25) is 0 Å². The first-order chi connectivity index (χ1) is 10.6. The molecule has 22 heavy (non-hydrogen) atoms. The van der Waals surface area contributed by atoms with E-state index in [-0.39, 0.29) is 8.07 Å². The fourth-order valence-electron chi connectivity index (χ4n) is 3.51. The van der Waals surface area contributed by atoms with Gasteiger partial charge in [0.25, 0.3) is 0 Å². The van der Waals surface area contributed by atoms with Gasteiger partial charge in [-0.1, -0.05) is 0 Å². The van der Waals surface area contributed by atoms with Crippen molar-refractivity contribution in [1.29, 1.82) is 0 Å². The molecule has 1 fully saturated rings. The van der Waals surface area contributed by atoms with Crippen LogP contribution in [0.15, 0.2) is 60.7 Å². The van der Waals surface area contributed by atoms with Gasteiger partial charge in [0.2, 0.25) is 0 Å². The summed E-state index contributed by atoms with van der Waals surface area (Å²) in [7, 11) is -1.96. The Morgan fingerprint density at radius 3 is 1.64 bits per heavy atom. The Morgan fingerprint density at radius 2 is 1.23 bits per heavy atom. The van der Waals surface area contributed by atoms with Crippen molar-refractivity contribution in [2.24, 2.45) is 0 Å². The summed E-state index contributed by atoms with van der Waals surface area (Å²) in [6.45, 7) is 7.36. The summed E-state index contributed by atoms with van der Waals surface area (Å²) in [5, 5.41) is 2.99. The van der Waals surface area contributed by atoms with Gasteiger partial charge >= 0.3 is 136 Å². The molecule has 1 N–H and O–H groups in total. The second-order valence-corrected chi connectivity index (χ2v) is 13.5. The van der Waals surface area contributed by atoms with Gasteiger partial charge in [-0.05, 0) is 0 Å². The Hall–Kier alpha value is -0.740. The number of hydrogen-bond donors (Lipinski definition) is 1. The molecule has 1 aliphatic heterocycles. The van der Waals surface area contributed by atoms with Crippen molar-refractivity contribution in [2.75, 3.05) is 6.66 Å². The quantitative estimate of drug-likeness (QED) is 0.814. The maximum absolute atomic E-state index is 4.23. The Bertz CT molecular complexity index is 550. The molecule has 0 radical (unpaired) electrons. The topological polar surface area (TPSA) is 12.0 Å². The van der Waals surface area contributed by atoms with Crippen molar-refractivity contribution in [3.63, 3.8) is 0 Å². The van der Waals surface area contributed by atoms with E-state index < -0.39 is 7.41 Å². The van der Waals surface area contributed by atoms with Gasteiger partial charge in [-0.3, -0.25) is 0 Å². The normalized spacial score (nSPS) is 23.6. The molecule has 118 valence electrons. The number of rotatable bonds is 4. The van der Waals surface area contributed by atoms with E-state index in [2.05, 4.69) is 86.0 Å². The van der Waals surface area contributed by atoms with Crippen LogP contribution < -0.4 is 15.5 Å². The molecule has 0 aliphatic carbocycles. The Balaban J connectivity index is 2.00. The maximum atomic E-state index is 4.23. The first-order valence-electron chi connectivity index (χ1n) is 8.28. The molecule has 2 atom stereocenters. The van der Waals surface area contributed by atoms with E-state index in [1.54, 1.807) is 0 Å². The van der Waals surface area contributed by atoms with Gasteiger partial charge in [-0.2, -0.15) is 0 Å². The molecule has 0 unspecified atom stereocenters. The summed E-state index contributed by atoms with van der Waals surface area (Å²) in [5.74, 6) is 0. The minimum absolute atomic E-state index is 0.0910. The van der Waals surface area contributed by atoms with Crippen molar-refractivity contribution in [2.45, 2.75) is 38.0 Å². The third-order valence-corrected chi connectivity index (χ3v) is 13.2. The zero-order chi connectivity index (χ0) is 15.6. The first kappa shape index (κ1) is 16.1. The van der Waals surface area contributed by atoms with Crippen LogP contribution in [0.3, 0.4) is 0 Å². The van der Waals surface area contributed by atoms with Crippen LogP contribution in [-0.4, -0.2) is 18.0 Å². The summed E-state index contributed by atoms with van der Waals surface area (Å²) >= 11 is 0. The molecule has 1 heterocycles. The molecule has 0 bridgehead atoms. The summed E-state index contributed by atoms with van der Waals surface area (Å²) in [6.07, 6.45) is 2.77. The van der Waals surface area contributed by atoms with Crippen LogP contribution >= 0.6 is 15.5 Å². The number of benzene rings is 2. The summed E-state index contributed by atoms with van der Waals surface area (Å²) in [4.78, 5) is 4.23. The van der Waals surface area contributed by atoms with Gasteiger partial charge in [0.1, 0.15) is 0 Å². The molecule has 3 heteroatoms. The molecule has 0 spiro atoms. The van der Waals surface area contributed by atoms with E-state index in [0.29, 0.717) is 0 Å². The van der Waals surface area contributed by atoms with E-state index in [9.17, 15) is 0 Å². The predicted molar refractivity (Wildman–Crippen MR) is 105 cm³/mol. The minimum atomic E-state index is -1.87. The van der Waals surface area contributed by atoms with Crippen molar-refractivity contribution >= 4 is 26.1 Å². The molecule has 3 rings (SSSR count). The van der Waals surface area contributed by atoms with Crippen molar-refractivity contribution < 1.29 is 0 Å². The Kier molecular flexibility index (Phi) is 4.98. The third-order valence-electron chi connectivity index (χ3n) is 5.01. The average molecular weight is 331 g/mol. The molecule has 2 aromatic carbocycles. The van der Waals surface area contributed by atoms with Gasteiger partial charge in [0, 0.05) is 0 Å². The van der Waals surface area contributed by atoms with Crippen molar-refractivity contribution in [3.05, 3.63) is 60.7 Å². The van der Waals surface area contributed by atoms with E-state index >= 15 is 0 Å². The fourth-order valence-corrected chi connectivity index (χ4v) is 12.1. The zero-order valence-electron chi connectivity index (χ0n) is 13.8. The van der Waals surface area contributed by atoms with Gasteiger partial charge < -0.3 is 0 Å². The van der Waals surface area contributed by atoms with E-state index in [1.165, 1.54) is 23.5 Å². The van der Waals surface area contributed by atoms with E-state index in [0.717, 1.165) is 11.3 Å². The standard InChI is InChI=1S/C19H27NP2/c1-16-14-15-17(2)21(16)20-22(3,18-10-6-4-7-11-18)19-12-8-5-9-13-19/h4-13,16-17,20,22H,14-15H2,1-3H3/t16-,17-/m1/s1. The number of hydrogen-bond acceptors (Lipinski definition) is 1. The van der Waals surface area contributed by atoms with Gasteiger partial charge in [-0.15, -0.1) is 0 Å². The summed E-state index contributed by atoms with van der Waals surface area (Å²) in [5.41, 5.74) is 1.67. The van der Waals surface area contributed by atoms with Gasteiger partial charge in [0.15, 0.2) is 0 Å². The second-order valence-electron chi connectivity index (χ2n) is 6.65. The molecule has 0 amide bonds. The molecule has 0 aromatic heterocycles. The molecule has 1 saturated heterocycles.